The van der Waals surface area contributed by atoms with Gasteiger partial charge in [0.05, 0.1) is 0 Å². The predicted octanol–water partition coefficient (Wildman–Crippen LogP) is 10.9. The third-order valence-corrected chi connectivity index (χ3v) is 10.0. The van der Waals surface area contributed by atoms with Crippen molar-refractivity contribution in [1.82, 2.24) is 0 Å². The van der Waals surface area contributed by atoms with E-state index in [0.29, 0.717) is 0 Å². The Morgan fingerprint density at radius 3 is 1.19 bits per heavy atom. The molecular formula is C42H36. The molecule has 2 unspecified atom stereocenters. The number of benzene rings is 6. The van der Waals surface area contributed by atoms with Gasteiger partial charge in [-0.3, -0.25) is 0 Å². The third-order valence-electron chi connectivity index (χ3n) is 10.0. The van der Waals surface area contributed by atoms with Crippen molar-refractivity contribution in [3.05, 3.63) is 169 Å². The zero-order valence-electron chi connectivity index (χ0n) is 25.4. The van der Waals surface area contributed by atoms with Gasteiger partial charge in [0, 0.05) is 11.8 Å². The average Bonchev–Trinajstić information content (AvgIpc) is 3.46. The van der Waals surface area contributed by atoms with E-state index in [2.05, 4.69) is 139 Å². The van der Waals surface area contributed by atoms with E-state index in [1.54, 1.807) is 5.57 Å². The molecule has 0 N–H and O–H groups in total. The fourth-order valence-corrected chi connectivity index (χ4v) is 8.76. The summed E-state index contributed by atoms with van der Waals surface area (Å²) >= 11 is 0. The van der Waals surface area contributed by atoms with Crippen LogP contribution in [0.15, 0.2) is 103 Å². The molecule has 0 heteroatoms. The minimum Gasteiger partial charge on any atom is -0.0616 e. The summed E-state index contributed by atoms with van der Waals surface area (Å²) in [5.41, 5.74) is 20.0. The van der Waals surface area contributed by atoms with Gasteiger partial charge in [0.25, 0.3) is 0 Å². The Morgan fingerprint density at radius 2 is 0.786 bits per heavy atom. The third kappa shape index (κ3) is 3.42. The molecule has 0 spiro atoms. The first-order valence-electron chi connectivity index (χ1n) is 15.3. The second-order valence-corrected chi connectivity index (χ2v) is 12.8. The van der Waals surface area contributed by atoms with Crippen LogP contribution < -0.4 is 0 Å². The van der Waals surface area contributed by atoms with Crippen LogP contribution in [0.2, 0.25) is 0 Å². The van der Waals surface area contributed by atoms with Gasteiger partial charge in [-0.15, -0.1) is 0 Å². The maximum Gasteiger partial charge on any atom is 0.0335 e. The fourth-order valence-electron chi connectivity index (χ4n) is 8.76. The molecule has 8 rings (SSSR count). The second kappa shape index (κ2) is 9.04. The van der Waals surface area contributed by atoms with E-state index in [-0.39, 0.29) is 11.8 Å². The zero-order chi connectivity index (χ0) is 28.9. The molecule has 0 bridgehead atoms. The van der Waals surface area contributed by atoms with Gasteiger partial charge in [0.15, 0.2) is 0 Å². The van der Waals surface area contributed by atoms with E-state index in [1.807, 2.05) is 0 Å². The van der Waals surface area contributed by atoms with Gasteiger partial charge >= 0.3 is 0 Å². The summed E-state index contributed by atoms with van der Waals surface area (Å²) in [7, 11) is 0. The monoisotopic (exact) mass is 540 g/mol. The number of fused-ring (bicyclic) bond motifs is 8. The maximum absolute atomic E-state index is 2.42. The molecule has 204 valence electrons. The van der Waals surface area contributed by atoms with Crippen molar-refractivity contribution in [2.75, 3.05) is 0 Å². The SMILES string of the molecule is Cc1cc(C)c(C2C3=C(c4ccc5ccccc5c42)c2ccc4ccccc4c2C3c2c(C)cc(C)cc2C)c(C)c1. The minimum absolute atomic E-state index is 0.193. The average molecular weight is 541 g/mol. The standard InChI is InChI=1S/C42H36/c1-23-19-25(3)35(26(4)20-23)40-37-31-13-9-7-11-29(31)15-17-33(37)39-34-18-16-30-12-8-10-14-32(30)38(34)41(42(39)40)36-27(5)21-24(2)22-28(36)6/h7-22,40-41H,1-6H3. The fraction of sp³-hybridized carbons (Fsp3) is 0.190. The first kappa shape index (κ1) is 25.3. The summed E-state index contributed by atoms with van der Waals surface area (Å²) in [6.45, 7) is 13.8. The van der Waals surface area contributed by atoms with E-state index in [1.165, 1.54) is 93.9 Å². The Morgan fingerprint density at radius 1 is 0.405 bits per heavy atom. The molecule has 2 aliphatic rings. The first-order chi connectivity index (χ1) is 20.3. The molecule has 2 atom stereocenters. The molecule has 0 saturated heterocycles. The van der Waals surface area contributed by atoms with Crippen LogP contribution in [0.3, 0.4) is 0 Å². The van der Waals surface area contributed by atoms with E-state index in [4.69, 9.17) is 0 Å². The molecule has 0 fully saturated rings. The molecule has 0 aromatic heterocycles. The van der Waals surface area contributed by atoms with Crippen molar-refractivity contribution >= 4 is 27.1 Å². The summed E-state index contributed by atoms with van der Waals surface area (Å²) < 4.78 is 0. The van der Waals surface area contributed by atoms with Gasteiger partial charge in [-0.25, -0.2) is 0 Å². The number of aryl methyl sites for hydroxylation is 6. The molecule has 0 amide bonds. The van der Waals surface area contributed by atoms with Crippen molar-refractivity contribution in [3.63, 3.8) is 0 Å². The summed E-state index contributed by atoms with van der Waals surface area (Å²) in [6, 6.07) is 37.1. The van der Waals surface area contributed by atoms with E-state index in [0.717, 1.165) is 0 Å². The van der Waals surface area contributed by atoms with Crippen molar-refractivity contribution in [2.45, 2.75) is 53.4 Å². The molecule has 0 nitrogen and oxygen atoms in total. The van der Waals surface area contributed by atoms with Crippen LogP contribution in [-0.2, 0) is 0 Å². The summed E-state index contributed by atoms with van der Waals surface area (Å²) in [5.74, 6) is 0.385. The number of hydrogen-bond donors (Lipinski definition) is 0. The van der Waals surface area contributed by atoms with Crippen LogP contribution in [0.1, 0.15) is 78.6 Å². The second-order valence-electron chi connectivity index (χ2n) is 12.8. The first-order valence-corrected chi connectivity index (χ1v) is 15.3. The van der Waals surface area contributed by atoms with Crippen LogP contribution in [0.25, 0.3) is 27.1 Å². The quantitative estimate of drug-likeness (QED) is 0.205. The van der Waals surface area contributed by atoms with Crippen LogP contribution >= 0.6 is 0 Å². The molecule has 2 aliphatic carbocycles. The molecule has 0 heterocycles. The highest BCUT2D eigenvalue weighted by Gasteiger charge is 2.46. The maximum atomic E-state index is 2.42. The lowest BCUT2D eigenvalue weighted by Crippen LogP contribution is -2.15. The topological polar surface area (TPSA) is 0 Å². The zero-order valence-corrected chi connectivity index (χ0v) is 25.4. The van der Waals surface area contributed by atoms with Gasteiger partial charge in [0.2, 0.25) is 0 Å². The molecule has 6 aromatic rings. The number of rotatable bonds is 2. The van der Waals surface area contributed by atoms with Crippen LogP contribution in [-0.4, -0.2) is 0 Å². The number of hydrogen-bond acceptors (Lipinski definition) is 0. The van der Waals surface area contributed by atoms with Crippen molar-refractivity contribution < 1.29 is 0 Å². The van der Waals surface area contributed by atoms with Crippen molar-refractivity contribution in [3.8, 4) is 0 Å². The largest absolute Gasteiger partial charge is 0.0616 e. The Labute approximate surface area is 249 Å². The number of allylic oxidation sites excluding steroid dienone is 1. The van der Waals surface area contributed by atoms with Crippen molar-refractivity contribution in [1.29, 1.82) is 0 Å². The lowest BCUT2D eigenvalue weighted by Gasteiger charge is -2.30. The van der Waals surface area contributed by atoms with Crippen LogP contribution in [0.5, 0.6) is 0 Å². The van der Waals surface area contributed by atoms with E-state index >= 15 is 0 Å². The Hall–Kier alpha value is -4.42. The molecule has 42 heavy (non-hydrogen) atoms. The molecule has 0 radical (unpaired) electrons. The van der Waals surface area contributed by atoms with E-state index in [9.17, 15) is 0 Å². The highest BCUT2D eigenvalue weighted by molar-refractivity contribution is 6.06. The van der Waals surface area contributed by atoms with E-state index < -0.39 is 0 Å². The minimum atomic E-state index is 0.193. The Bertz CT molecular complexity index is 1950. The normalized spacial score (nSPS) is 17.2. The van der Waals surface area contributed by atoms with Crippen LogP contribution in [0, 0.1) is 41.5 Å². The Balaban J connectivity index is 1.56. The lowest BCUT2D eigenvalue weighted by molar-refractivity contribution is 0.836. The highest BCUT2D eigenvalue weighted by atomic mass is 14.5. The van der Waals surface area contributed by atoms with Gasteiger partial charge in [-0.05, 0) is 130 Å². The van der Waals surface area contributed by atoms with Gasteiger partial charge in [-0.1, -0.05) is 108 Å². The van der Waals surface area contributed by atoms with Crippen LogP contribution in [0.4, 0.5) is 0 Å². The molecular weight excluding hydrogens is 504 g/mol. The smallest absolute Gasteiger partial charge is 0.0335 e. The Kier molecular flexibility index (Phi) is 5.44. The summed E-state index contributed by atoms with van der Waals surface area (Å²) in [6.07, 6.45) is 0. The summed E-state index contributed by atoms with van der Waals surface area (Å²) in [5, 5.41) is 5.41. The van der Waals surface area contributed by atoms with Gasteiger partial charge in [-0.2, -0.15) is 0 Å². The highest BCUT2D eigenvalue weighted by Crippen LogP contribution is 2.63. The van der Waals surface area contributed by atoms with Gasteiger partial charge < -0.3 is 0 Å². The van der Waals surface area contributed by atoms with Crippen molar-refractivity contribution in [2.24, 2.45) is 0 Å². The molecule has 0 aliphatic heterocycles. The van der Waals surface area contributed by atoms with Gasteiger partial charge in [0.1, 0.15) is 0 Å². The molecule has 0 saturated carbocycles. The lowest BCUT2D eigenvalue weighted by atomic mass is 9.72. The summed E-state index contributed by atoms with van der Waals surface area (Å²) in [4.78, 5) is 0. The predicted molar refractivity (Wildman–Crippen MR) is 179 cm³/mol. The molecule has 6 aromatic carbocycles.